The average molecular weight is 377 g/mol. The van der Waals surface area contributed by atoms with Gasteiger partial charge < -0.3 is 5.11 Å². The molecule has 20 heavy (non-hydrogen) atoms. The first-order valence-corrected chi connectivity index (χ1v) is 7.93. The second kappa shape index (κ2) is 6.60. The molecule has 0 aliphatic rings. The number of hydrogen-bond donors (Lipinski definition) is 1. The quantitative estimate of drug-likeness (QED) is 0.810. The first-order chi connectivity index (χ1) is 9.52. The molecule has 0 saturated carbocycles. The summed E-state index contributed by atoms with van der Waals surface area (Å²) in [5, 5.41) is 18.1. The third-order valence-corrected chi connectivity index (χ3v) is 4.63. The molecule has 0 saturated heterocycles. The molecule has 8 heteroatoms. The molecule has 0 spiro atoms. The van der Waals surface area contributed by atoms with Crippen LogP contribution < -0.4 is 0 Å². The van der Waals surface area contributed by atoms with Gasteiger partial charge in [-0.2, -0.15) is 0 Å². The molecule has 0 bridgehead atoms. The van der Waals surface area contributed by atoms with E-state index in [1.165, 1.54) is 0 Å². The van der Waals surface area contributed by atoms with Crippen LogP contribution in [0.4, 0.5) is 0 Å². The van der Waals surface area contributed by atoms with E-state index in [9.17, 15) is 4.79 Å². The second-order valence-electron chi connectivity index (χ2n) is 3.87. The van der Waals surface area contributed by atoms with Crippen LogP contribution in [-0.4, -0.2) is 31.6 Å². The zero-order valence-corrected chi connectivity index (χ0v) is 13.7. The maximum absolute atomic E-state index is 10.7. The average Bonchev–Trinajstić information content (AvgIpc) is 2.82. The van der Waals surface area contributed by atoms with Crippen molar-refractivity contribution in [3.8, 4) is 5.69 Å². The number of halogens is 2. The summed E-state index contributed by atoms with van der Waals surface area (Å²) in [7, 11) is 0. The third kappa shape index (κ3) is 3.34. The lowest BCUT2D eigenvalue weighted by atomic mass is 10.3. The number of benzene rings is 1. The highest BCUT2D eigenvalue weighted by atomic mass is 79.9. The molecule has 2 aromatic rings. The van der Waals surface area contributed by atoms with Gasteiger partial charge >= 0.3 is 5.97 Å². The Morgan fingerprint density at radius 1 is 1.50 bits per heavy atom. The molecule has 1 N–H and O–H groups in total. The molecule has 0 amide bonds. The summed E-state index contributed by atoms with van der Waals surface area (Å²) in [6.45, 7) is 1.97. The molecule has 0 aliphatic heterocycles. The molecule has 0 fully saturated rings. The van der Waals surface area contributed by atoms with Crippen molar-refractivity contribution in [2.75, 3.05) is 5.75 Å². The monoisotopic (exact) mass is 375 g/mol. The van der Waals surface area contributed by atoms with Crippen molar-refractivity contribution in [1.82, 2.24) is 14.8 Å². The Morgan fingerprint density at radius 3 is 2.85 bits per heavy atom. The van der Waals surface area contributed by atoms with Crippen LogP contribution in [0.25, 0.3) is 5.69 Å². The first kappa shape index (κ1) is 15.3. The fourth-order valence-corrected chi connectivity index (χ4v) is 2.81. The van der Waals surface area contributed by atoms with Crippen LogP contribution in [0.3, 0.4) is 0 Å². The van der Waals surface area contributed by atoms with Crippen molar-refractivity contribution in [2.24, 2.45) is 0 Å². The van der Waals surface area contributed by atoms with Crippen molar-refractivity contribution in [1.29, 1.82) is 0 Å². The van der Waals surface area contributed by atoms with E-state index in [2.05, 4.69) is 26.1 Å². The second-order valence-corrected chi connectivity index (χ2v) is 6.07. The van der Waals surface area contributed by atoms with Crippen molar-refractivity contribution in [3.63, 3.8) is 0 Å². The molecule has 5 nitrogen and oxygen atoms in total. The fourth-order valence-electron chi connectivity index (χ4n) is 1.63. The van der Waals surface area contributed by atoms with Gasteiger partial charge in [0.1, 0.15) is 5.82 Å². The van der Waals surface area contributed by atoms with Gasteiger partial charge in [0.25, 0.3) is 0 Å². The highest BCUT2D eigenvalue weighted by Gasteiger charge is 2.15. The van der Waals surface area contributed by atoms with E-state index >= 15 is 0 Å². The zero-order valence-electron chi connectivity index (χ0n) is 10.5. The predicted molar refractivity (Wildman–Crippen MR) is 81.8 cm³/mol. The summed E-state index contributed by atoms with van der Waals surface area (Å²) in [4.78, 5) is 10.7. The van der Waals surface area contributed by atoms with E-state index in [1.54, 1.807) is 6.07 Å². The lowest BCUT2D eigenvalue weighted by Gasteiger charge is -2.09. The number of carboxylic acid groups (broad SMARTS) is 1. The Hall–Kier alpha value is -1.05. The van der Waals surface area contributed by atoms with Gasteiger partial charge in [-0.15, -0.1) is 10.2 Å². The summed E-state index contributed by atoms with van der Waals surface area (Å²) < 4.78 is 2.61. The van der Waals surface area contributed by atoms with Gasteiger partial charge in [-0.05, 0) is 34.1 Å². The van der Waals surface area contributed by atoms with Gasteiger partial charge in [0.05, 0.1) is 16.5 Å². The summed E-state index contributed by atoms with van der Waals surface area (Å²) in [6, 6.07) is 5.47. The van der Waals surface area contributed by atoms with Crippen molar-refractivity contribution >= 4 is 45.3 Å². The Kier molecular flexibility index (Phi) is 5.06. The van der Waals surface area contributed by atoms with E-state index < -0.39 is 5.97 Å². The SMILES string of the molecule is CCc1nnc(SCC(=O)O)n1-c1ccc(Cl)c(Br)c1. The minimum absolute atomic E-state index is 0.0589. The number of hydrogen-bond acceptors (Lipinski definition) is 4. The van der Waals surface area contributed by atoms with Crippen molar-refractivity contribution in [2.45, 2.75) is 18.5 Å². The number of aromatic nitrogens is 3. The molecule has 1 aromatic heterocycles. The summed E-state index contributed by atoms with van der Waals surface area (Å²) in [5.74, 6) is -0.177. The van der Waals surface area contributed by atoms with Gasteiger partial charge in [-0.3, -0.25) is 9.36 Å². The number of nitrogens with zero attached hydrogens (tertiary/aromatic N) is 3. The molecule has 0 unspecified atom stereocenters. The molecule has 0 radical (unpaired) electrons. The van der Waals surface area contributed by atoms with E-state index in [-0.39, 0.29) is 5.75 Å². The number of carboxylic acids is 1. The Labute approximate surface area is 133 Å². The normalized spacial score (nSPS) is 10.8. The van der Waals surface area contributed by atoms with Gasteiger partial charge in [-0.25, -0.2) is 0 Å². The third-order valence-electron chi connectivity index (χ3n) is 2.50. The van der Waals surface area contributed by atoms with Gasteiger partial charge in [-0.1, -0.05) is 30.3 Å². The Balaban J connectivity index is 2.44. The Morgan fingerprint density at radius 2 is 2.25 bits per heavy atom. The van der Waals surface area contributed by atoms with Gasteiger partial charge in [0, 0.05) is 10.9 Å². The molecule has 106 valence electrons. The smallest absolute Gasteiger partial charge is 0.313 e. The first-order valence-electron chi connectivity index (χ1n) is 5.77. The summed E-state index contributed by atoms with van der Waals surface area (Å²) >= 11 is 10.5. The van der Waals surface area contributed by atoms with Crippen molar-refractivity contribution < 1.29 is 9.90 Å². The molecule has 1 heterocycles. The van der Waals surface area contributed by atoms with Gasteiger partial charge in [0.2, 0.25) is 0 Å². The largest absolute Gasteiger partial charge is 0.481 e. The van der Waals surface area contributed by atoms with Crippen LogP contribution in [0.1, 0.15) is 12.7 Å². The highest BCUT2D eigenvalue weighted by molar-refractivity contribution is 9.10. The molecular formula is C12H11BrClN3O2S. The number of thioether (sulfide) groups is 1. The minimum Gasteiger partial charge on any atom is -0.481 e. The van der Waals surface area contributed by atoms with E-state index in [1.807, 2.05) is 23.6 Å². The number of carbonyl (C=O) groups is 1. The minimum atomic E-state index is -0.889. The lowest BCUT2D eigenvalue weighted by molar-refractivity contribution is -0.133. The lowest BCUT2D eigenvalue weighted by Crippen LogP contribution is -2.04. The number of aryl methyl sites for hydroxylation is 1. The topological polar surface area (TPSA) is 68.0 Å². The molecule has 2 rings (SSSR count). The maximum Gasteiger partial charge on any atom is 0.313 e. The van der Waals surface area contributed by atoms with Crippen LogP contribution in [0.15, 0.2) is 27.8 Å². The van der Waals surface area contributed by atoms with Crippen LogP contribution in [-0.2, 0) is 11.2 Å². The zero-order chi connectivity index (χ0) is 14.7. The van der Waals surface area contributed by atoms with E-state index in [4.69, 9.17) is 16.7 Å². The molecule has 1 aromatic carbocycles. The standard InChI is InChI=1S/C12H11BrClN3O2S/c1-2-10-15-16-12(20-6-11(18)19)17(10)7-3-4-9(14)8(13)5-7/h3-5H,2,6H2,1H3,(H,18,19). The van der Waals surface area contributed by atoms with E-state index in [0.29, 0.717) is 16.6 Å². The fraction of sp³-hybridized carbons (Fsp3) is 0.250. The van der Waals surface area contributed by atoms with Gasteiger partial charge in [0.15, 0.2) is 5.16 Å². The number of aliphatic carboxylic acids is 1. The molecular weight excluding hydrogens is 366 g/mol. The highest BCUT2D eigenvalue weighted by Crippen LogP contribution is 2.28. The summed E-state index contributed by atoms with van der Waals surface area (Å²) in [6.07, 6.45) is 0.695. The summed E-state index contributed by atoms with van der Waals surface area (Å²) in [5.41, 5.74) is 0.844. The Bertz CT molecular complexity index is 648. The van der Waals surface area contributed by atoms with Crippen LogP contribution in [0, 0.1) is 0 Å². The van der Waals surface area contributed by atoms with Crippen LogP contribution in [0.5, 0.6) is 0 Å². The molecule has 0 atom stereocenters. The van der Waals surface area contributed by atoms with Crippen molar-refractivity contribution in [3.05, 3.63) is 33.5 Å². The maximum atomic E-state index is 10.7. The molecule has 0 aliphatic carbocycles. The number of rotatable bonds is 5. The van der Waals surface area contributed by atoms with Crippen LogP contribution in [0.2, 0.25) is 5.02 Å². The predicted octanol–water partition coefficient (Wildman–Crippen LogP) is 3.42. The van der Waals surface area contributed by atoms with E-state index in [0.717, 1.165) is 27.7 Å². The van der Waals surface area contributed by atoms with Crippen LogP contribution >= 0.6 is 39.3 Å².